The van der Waals surface area contributed by atoms with Crippen molar-refractivity contribution in [2.45, 2.75) is 44.7 Å². The molecule has 1 amide bonds. The number of rotatable bonds is 7. The summed E-state index contributed by atoms with van der Waals surface area (Å²) >= 11 is 1.70. The first-order valence-corrected chi connectivity index (χ1v) is 13.3. The number of carbonyl (C=O) groups excluding carboxylic acids is 1. The summed E-state index contributed by atoms with van der Waals surface area (Å²) in [6.45, 7) is 7.74. The Bertz CT molecular complexity index is 1130. The molecule has 0 aliphatic carbocycles. The molecule has 3 aromatic rings. The van der Waals surface area contributed by atoms with Crippen LogP contribution in [0.1, 0.15) is 54.7 Å². The van der Waals surface area contributed by atoms with Crippen molar-refractivity contribution in [1.82, 2.24) is 5.32 Å². The second-order valence-corrected chi connectivity index (χ2v) is 8.92. The van der Waals surface area contributed by atoms with E-state index in [1.807, 2.05) is 69.5 Å². The first-order valence-electron chi connectivity index (χ1n) is 12.1. The maximum Gasteiger partial charge on any atom is 0.251 e. The van der Waals surface area contributed by atoms with Gasteiger partial charge in [-0.3, -0.25) is 4.79 Å². The second kappa shape index (κ2) is 12.5. The minimum absolute atomic E-state index is 0.0689. The zero-order valence-corrected chi connectivity index (χ0v) is 21.8. The molecular weight excluding hydrogens is 456 g/mol. The summed E-state index contributed by atoms with van der Waals surface area (Å²) in [4.78, 5) is 16.1. The first-order chi connectivity index (χ1) is 17.0. The molecule has 1 aliphatic heterocycles. The summed E-state index contributed by atoms with van der Waals surface area (Å²) in [5.41, 5.74) is 17.6. The second-order valence-electron chi connectivity index (χ2n) is 8.04. The van der Waals surface area contributed by atoms with Crippen LogP contribution in [-0.4, -0.2) is 25.3 Å². The third kappa shape index (κ3) is 6.29. The lowest BCUT2D eigenvalue weighted by Gasteiger charge is -2.32. The molecule has 3 aromatic carbocycles. The van der Waals surface area contributed by atoms with Gasteiger partial charge < -0.3 is 26.4 Å². The number of benzene rings is 3. The molecule has 1 aliphatic rings. The van der Waals surface area contributed by atoms with Crippen LogP contribution in [0.5, 0.6) is 5.75 Å². The van der Waals surface area contributed by atoms with Crippen molar-refractivity contribution in [3.8, 4) is 5.75 Å². The van der Waals surface area contributed by atoms with Gasteiger partial charge in [0, 0.05) is 34.4 Å². The van der Waals surface area contributed by atoms with Gasteiger partial charge in [0.2, 0.25) is 0 Å². The van der Waals surface area contributed by atoms with Crippen molar-refractivity contribution in [3.63, 3.8) is 0 Å². The molecule has 0 spiro atoms. The summed E-state index contributed by atoms with van der Waals surface area (Å²) in [5, 5.41) is 2.99. The molecular formula is C28H36N4O2S. The minimum atomic E-state index is -0.130. The monoisotopic (exact) mass is 492 g/mol. The first kappa shape index (κ1) is 26.4. The molecule has 35 heavy (non-hydrogen) atoms. The van der Waals surface area contributed by atoms with E-state index in [1.165, 1.54) is 4.90 Å². The van der Waals surface area contributed by atoms with Crippen LogP contribution < -0.4 is 26.4 Å². The molecule has 1 unspecified atom stereocenters. The van der Waals surface area contributed by atoms with Crippen molar-refractivity contribution < 1.29 is 9.53 Å². The van der Waals surface area contributed by atoms with E-state index in [4.69, 9.17) is 16.2 Å². The Hall–Kier alpha value is -3.16. The highest BCUT2D eigenvalue weighted by atomic mass is 32.2. The average Bonchev–Trinajstić information content (AvgIpc) is 2.92. The number of nitrogen functional groups attached to an aromatic ring is 1. The molecule has 1 atom stereocenters. The normalized spacial score (nSPS) is 13.1. The molecule has 186 valence electrons. The van der Waals surface area contributed by atoms with Gasteiger partial charge in [-0.05, 0) is 66.3 Å². The van der Waals surface area contributed by atoms with Crippen LogP contribution in [0.25, 0.3) is 0 Å². The summed E-state index contributed by atoms with van der Waals surface area (Å²) < 4.78 is 5.89. The topological polar surface area (TPSA) is 93.6 Å². The lowest BCUT2D eigenvalue weighted by Crippen LogP contribution is -2.29. The molecule has 0 saturated carbocycles. The van der Waals surface area contributed by atoms with Crippen molar-refractivity contribution in [1.29, 1.82) is 0 Å². The van der Waals surface area contributed by atoms with Crippen LogP contribution in [0.4, 0.5) is 17.1 Å². The van der Waals surface area contributed by atoms with Gasteiger partial charge in [0.05, 0.1) is 12.2 Å². The molecule has 5 N–H and O–H groups in total. The zero-order chi connectivity index (χ0) is 25.4. The average molecular weight is 493 g/mol. The molecule has 0 fully saturated rings. The molecule has 0 saturated heterocycles. The number of hydrogen-bond donors (Lipinski definition) is 3. The van der Waals surface area contributed by atoms with Gasteiger partial charge in [-0.1, -0.05) is 39.0 Å². The highest BCUT2D eigenvalue weighted by Gasteiger charge is 2.22. The Kier molecular flexibility index (Phi) is 9.46. The van der Waals surface area contributed by atoms with Gasteiger partial charge in [0.15, 0.2) is 0 Å². The predicted molar refractivity (Wildman–Crippen MR) is 148 cm³/mol. The fourth-order valence-electron chi connectivity index (χ4n) is 3.94. The number of nitrogens with zero attached hydrogens (tertiary/aromatic N) is 1. The maximum atomic E-state index is 12.7. The quantitative estimate of drug-likeness (QED) is 0.281. The van der Waals surface area contributed by atoms with E-state index in [9.17, 15) is 4.79 Å². The number of ether oxygens (including phenoxy) is 1. The molecule has 4 rings (SSSR count). The van der Waals surface area contributed by atoms with E-state index < -0.39 is 0 Å². The largest absolute Gasteiger partial charge is 0.490 e. The van der Waals surface area contributed by atoms with Crippen LogP contribution in [0.2, 0.25) is 0 Å². The number of thioether (sulfide) groups is 1. The smallest absolute Gasteiger partial charge is 0.251 e. The highest BCUT2D eigenvalue weighted by molar-refractivity contribution is 7.98. The van der Waals surface area contributed by atoms with E-state index in [1.54, 1.807) is 17.8 Å². The summed E-state index contributed by atoms with van der Waals surface area (Å²) in [6, 6.07) is 19.7. The minimum Gasteiger partial charge on any atom is -0.490 e. The highest BCUT2D eigenvalue weighted by Crippen LogP contribution is 2.38. The fourth-order valence-corrected chi connectivity index (χ4v) is 4.35. The Morgan fingerprint density at radius 3 is 2.51 bits per heavy atom. The van der Waals surface area contributed by atoms with Gasteiger partial charge in [-0.25, -0.2) is 0 Å². The number of fused-ring (bicyclic) bond motifs is 1. The molecule has 0 aromatic heterocycles. The molecule has 0 radical (unpaired) electrons. The third-order valence-corrected chi connectivity index (χ3v) is 6.66. The fraction of sp³-hybridized carbons (Fsp3) is 0.321. The van der Waals surface area contributed by atoms with Crippen molar-refractivity contribution in [2.75, 3.05) is 30.0 Å². The third-order valence-electron chi connectivity index (χ3n) is 5.92. The van der Waals surface area contributed by atoms with Crippen molar-refractivity contribution in [3.05, 3.63) is 77.4 Å². The molecule has 1 heterocycles. The SMILES string of the molecule is CC.CCC(N)c1ccc(N2CCOc3cc(C(=O)NCc4ccc(SC)cc4)ccc32)cc1N. The van der Waals surface area contributed by atoms with Crippen molar-refractivity contribution >= 4 is 34.7 Å². The molecule has 6 nitrogen and oxygen atoms in total. The Balaban J connectivity index is 0.00000167. The van der Waals surface area contributed by atoms with Crippen molar-refractivity contribution in [2.24, 2.45) is 5.73 Å². The van der Waals surface area contributed by atoms with Gasteiger partial charge in [-0.15, -0.1) is 11.8 Å². The maximum absolute atomic E-state index is 12.7. The number of hydrogen-bond acceptors (Lipinski definition) is 6. The van der Waals surface area contributed by atoms with Gasteiger partial charge in [0.25, 0.3) is 5.91 Å². The van der Waals surface area contributed by atoms with Crippen LogP contribution in [0.3, 0.4) is 0 Å². The summed E-state index contributed by atoms with van der Waals surface area (Å²) in [6.07, 6.45) is 2.87. The van der Waals surface area contributed by atoms with E-state index in [-0.39, 0.29) is 11.9 Å². The number of carbonyl (C=O) groups is 1. The van der Waals surface area contributed by atoms with E-state index >= 15 is 0 Å². The van der Waals surface area contributed by atoms with Gasteiger partial charge in [0.1, 0.15) is 12.4 Å². The number of nitrogens with one attached hydrogen (secondary N) is 1. The number of nitrogens with two attached hydrogens (primary N) is 2. The zero-order valence-electron chi connectivity index (χ0n) is 21.0. The van der Waals surface area contributed by atoms with Crippen LogP contribution >= 0.6 is 11.8 Å². The Morgan fingerprint density at radius 1 is 1.11 bits per heavy atom. The Labute approximate surface area is 213 Å². The van der Waals surface area contributed by atoms with Crippen LogP contribution in [-0.2, 0) is 6.54 Å². The molecule has 7 heteroatoms. The van der Waals surface area contributed by atoms with Crippen LogP contribution in [0, 0.1) is 0 Å². The summed E-state index contributed by atoms with van der Waals surface area (Å²) in [5.74, 6) is 0.556. The van der Waals surface area contributed by atoms with Gasteiger partial charge >= 0.3 is 0 Å². The number of amides is 1. The summed E-state index contributed by atoms with van der Waals surface area (Å²) in [7, 11) is 0. The Morgan fingerprint density at radius 2 is 1.86 bits per heavy atom. The van der Waals surface area contributed by atoms with E-state index in [0.717, 1.165) is 28.9 Å². The number of anilines is 3. The molecule has 0 bridgehead atoms. The predicted octanol–water partition coefficient (Wildman–Crippen LogP) is 5.89. The van der Waals surface area contributed by atoms with Gasteiger partial charge in [-0.2, -0.15) is 0 Å². The standard InChI is InChI=1S/C26H30N4O2S.C2H6/c1-3-22(27)21-10-7-19(15-23(21)28)30-12-13-32-25-14-18(6-11-24(25)30)26(31)29-16-17-4-8-20(33-2)9-5-17;1-2/h4-11,14-15,22H,3,12-13,16,27-28H2,1-2H3,(H,29,31);1-2H3. The lowest BCUT2D eigenvalue weighted by molar-refractivity contribution is 0.0950. The van der Waals surface area contributed by atoms with Crippen LogP contribution in [0.15, 0.2) is 65.6 Å². The van der Waals surface area contributed by atoms with E-state index in [2.05, 4.69) is 22.3 Å². The lowest BCUT2D eigenvalue weighted by atomic mass is 10.0. The van der Waals surface area contributed by atoms with E-state index in [0.29, 0.717) is 36.7 Å².